The van der Waals surface area contributed by atoms with Gasteiger partial charge in [0.25, 0.3) is 0 Å². The molecule has 6 heteroatoms. The zero-order valence-electron chi connectivity index (χ0n) is 11.1. The normalized spacial score (nSPS) is 10.8. The number of imidazole rings is 1. The fourth-order valence-electron chi connectivity index (χ4n) is 1.81. The summed E-state index contributed by atoms with van der Waals surface area (Å²) in [4.78, 5) is 15.1. The van der Waals surface area contributed by atoms with Crippen molar-refractivity contribution in [3.8, 4) is 5.75 Å². The first-order chi connectivity index (χ1) is 9.49. The predicted molar refractivity (Wildman–Crippen MR) is 69.0 cm³/mol. The summed E-state index contributed by atoms with van der Waals surface area (Å²) in [6.07, 6.45) is 2.51. The Morgan fingerprint density at radius 1 is 1.45 bits per heavy atom. The van der Waals surface area contributed by atoms with E-state index in [-0.39, 0.29) is 18.2 Å². The average Bonchev–Trinajstić information content (AvgIpc) is 2.85. The molecule has 0 saturated carbocycles. The number of nitrogens with zero attached hydrogens (tertiary/aromatic N) is 2. The molecule has 2 rings (SSSR count). The molecule has 106 valence electrons. The van der Waals surface area contributed by atoms with E-state index < -0.39 is 6.55 Å². The Bertz CT molecular complexity index is 623. The van der Waals surface area contributed by atoms with E-state index in [0.29, 0.717) is 11.3 Å². The van der Waals surface area contributed by atoms with Crippen molar-refractivity contribution in [2.45, 2.75) is 27.0 Å². The van der Waals surface area contributed by atoms with Crippen molar-refractivity contribution in [1.82, 2.24) is 9.55 Å². The molecule has 0 aliphatic carbocycles. The van der Waals surface area contributed by atoms with Gasteiger partial charge in [-0.3, -0.25) is 9.36 Å². The lowest BCUT2D eigenvalue weighted by Gasteiger charge is -2.11. The Balaban J connectivity index is 2.11. The van der Waals surface area contributed by atoms with Crippen LogP contribution in [0.3, 0.4) is 0 Å². The Labute approximate surface area is 115 Å². The van der Waals surface area contributed by atoms with Crippen LogP contribution in [0, 0.1) is 6.92 Å². The van der Waals surface area contributed by atoms with Crippen LogP contribution < -0.4 is 4.74 Å². The highest BCUT2D eigenvalue weighted by Gasteiger charge is 2.12. The lowest BCUT2D eigenvalue weighted by molar-refractivity contribution is 0.0632. The van der Waals surface area contributed by atoms with Gasteiger partial charge in [-0.05, 0) is 37.6 Å². The van der Waals surface area contributed by atoms with Crippen LogP contribution in [-0.2, 0) is 6.61 Å². The van der Waals surface area contributed by atoms with Crippen LogP contribution in [-0.4, -0.2) is 15.3 Å². The van der Waals surface area contributed by atoms with Crippen molar-refractivity contribution in [3.05, 3.63) is 47.5 Å². The fourth-order valence-corrected chi connectivity index (χ4v) is 1.81. The van der Waals surface area contributed by atoms with Gasteiger partial charge in [0.05, 0.1) is 0 Å². The molecule has 0 aliphatic heterocycles. The summed E-state index contributed by atoms with van der Waals surface area (Å²) >= 11 is 0. The van der Waals surface area contributed by atoms with E-state index >= 15 is 0 Å². The third-order valence-corrected chi connectivity index (χ3v) is 2.90. The second kappa shape index (κ2) is 5.81. The van der Waals surface area contributed by atoms with Gasteiger partial charge in [-0.1, -0.05) is 0 Å². The van der Waals surface area contributed by atoms with Gasteiger partial charge in [0.15, 0.2) is 11.6 Å². The SMILES string of the molecule is CC(=O)c1ccc(OCc2nccn2C(F)F)c(C)c1. The summed E-state index contributed by atoms with van der Waals surface area (Å²) in [5.41, 5.74) is 1.36. The van der Waals surface area contributed by atoms with Crippen molar-refractivity contribution < 1.29 is 18.3 Å². The zero-order valence-corrected chi connectivity index (χ0v) is 11.1. The minimum absolute atomic E-state index is 0.0344. The molecule has 4 nitrogen and oxygen atoms in total. The molecule has 0 amide bonds. The van der Waals surface area contributed by atoms with E-state index in [1.54, 1.807) is 25.1 Å². The summed E-state index contributed by atoms with van der Waals surface area (Å²) in [6, 6.07) is 5.00. The Kier molecular flexibility index (Phi) is 4.12. The van der Waals surface area contributed by atoms with Crippen LogP contribution in [0.5, 0.6) is 5.75 Å². The van der Waals surface area contributed by atoms with Crippen molar-refractivity contribution in [2.24, 2.45) is 0 Å². The van der Waals surface area contributed by atoms with E-state index in [0.717, 1.165) is 10.1 Å². The number of carbonyl (C=O) groups is 1. The molecule has 0 aliphatic rings. The van der Waals surface area contributed by atoms with Gasteiger partial charge in [-0.25, -0.2) is 4.98 Å². The molecule has 0 bridgehead atoms. The van der Waals surface area contributed by atoms with Gasteiger partial charge in [-0.15, -0.1) is 0 Å². The lowest BCUT2D eigenvalue weighted by Crippen LogP contribution is -2.07. The van der Waals surface area contributed by atoms with Crippen LogP contribution in [0.4, 0.5) is 8.78 Å². The van der Waals surface area contributed by atoms with E-state index in [1.165, 1.54) is 19.3 Å². The van der Waals surface area contributed by atoms with Crippen LogP contribution in [0.15, 0.2) is 30.6 Å². The number of benzene rings is 1. The molecule has 0 spiro atoms. The summed E-state index contributed by atoms with van der Waals surface area (Å²) < 4.78 is 31.5. The minimum atomic E-state index is -2.64. The molecule has 1 heterocycles. The predicted octanol–water partition coefficient (Wildman–Crippen LogP) is 3.37. The van der Waals surface area contributed by atoms with E-state index in [2.05, 4.69) is 4.98 Å². The quantitative estimate of drug-likeness (QED) is 0.789. The van der Waals surface area contributed by atoms with Gasteiger partial charge >= 0.3 is 6.55 Å². The molecule has 0 fully saturated rings. The number of halogens is 2. The third-order valence-electron chi connectivity index (χ3n) is 2.90. The van der Waals surface area contributed by atoms with Crippen LogP contribution in [0.1, 0.15) is 35.2 Å². The molecule has 0 atom stereocenters. The molecule has 1 aromatic carbocycles. The van der Waals surface area contributed by atoms with Crippen molar-refractivity contribution >= 4 is 5.78 Å². The highest BCUT2D eigenvalue weighted by Crippen LogP contribution is 2.21. The van der Waals surface area contributed by atoms with Gasteiger partial charge in [0.1, 0.15) is 12.4 Å². The van der Waals surface area contributed by atoms with E-state index in [9.17, 15) is 13.6 Å². The van der Waals surface area contributed by atoms with Crippen molar-refractivity contribution in [3.63, 3.8) is 0 Å². The second-order valence-electron chi connectivity index (χ2n) is 4.35. The number of Topliss-reactive ketones (excluding diaryl/α,β-unsaturated/α-hetero) is 1. The molecule has 2 aromatic rings. The van der Waals surface area contributed by atoms with Crippen LogP contribution in [0.2, 0.25) is 0 Å². The number of ketones is 1. The first-order valence-electron chi connectivity index (χ1n) is 6.03. The third kappa shape index (κ3) is 3.01. The van der Waals surface area contributed by atoms with Gasteiger partial charge in [-0.2, -0.15) is 8.78 Å². The topological polar surface area (TPSA) is 44.1 Å². The maximum atomic E-state index is 12.6. The van der Waals surface area contributed by atoms with Crippen LogP contribution >= 0.6 is 0 Å². The molecule has 0 radical (unpaired) electrons. The molecular weight excluding hydrogens is 266 g/mol. The first kappa shape index (κ1) is 14.2. The number of rotatable bonds is 5. The van der Waals surface area contributed by atoms with Crippen molar-refractivity contribution in [1.29, 1.82) is 0 Å². The molecule has 0 unspecified atom stereocenters. The maximum Gasteiger partial charge on any atom is 0.320 e. The molecule has 0 N–H and O–H groups in total. The fraction of sp³-hybridized carbons (Fsp3) is 0.286. The van der Waals surface area contributed by atoms with Crippen molar-refractivity contribution in [2.75, 3.05) is 0 Å². The van der Waals surface area contributed by atoms with Crippen LogP contribution in [0.25, 0.3) is 0 Å². The average molecular weight is 280 g/mol. The Hall–Kier alpha value is -2.24. The smallest absolute Gasteiger partial charge is 0.320 e. The molecular formula is C14H14F2N2O2. The number of carbonyl (C=O) groups excluding carboxylic acids is 1. The van der Waals surface area contributed by atoms with Gasteiger partial charge < -0.3 is 4.74 Å². The molecule has 20 heavy (non-hydrogen) atoms. The second-order valence-corrected chi connectivity index (χ2v) is 4.35. The highest BCUT2D eigenvalue weighted by molar-refractivity contribution is 5.94. The number of aryl methyl sites for hydroxylation is 1. The lowest BCUT2D eigenvalue weighted by atomic mass is 10.1. The summed E-state index contributed by atoms with van der Waals surface area (Å²) in [5, 5.41) is 0. The molecule has 0 saturated heterocycles. The zero-order chi connectivity index (χ0) is 14.7. The largest absolute Gasteiger partial charge is 0.485 e. The number of ether oxygens (including phenoxy) is 1. The number of hydrogen-bond donors (Lipinski definition) is 0. The summed E-state index contributed by atoms with van der Waals surface area (Å²) in [5.74, 6) is 0.654. The Morgan fingerprint density at radius 3 is 2.80 bits per heavy atom. The van der Waals surface area contributed by atoms with Gasteiger partial charge in [0, 0.05) is 18.0 Å². The summed E-state index contributed by atoms with van der Waals surface area (Å²) in [7, 11) is 0. The van der Waals surface area contributed by atoms with E-state index in [4.69, 9.17) is 4.74 Å². The monoisotopic (exact) mass is 280 g/mol. The van der Waals surface area contributed by atoms with Gasteiger partial charge in [0.2, 0.25) is 0 Å². The minimum Gasteiger partial charge on any atom is -0.485 e. The highest BCUT2D eigenvalue weighted by atomic mass is 19.3. The number of hydrogen-bond acceptors (Lipinski definition) is 3. The molecule has 1 aromatic heterocycles. The maximum absolute atomic E-state index is 12.6. The summed E-state index contributed by atoms with van der Waals surface area (Å²) in [6.45, 7) is 0.575. The number of alkyl halides is 2. The standard InChI is InChI=1S/C14H14F2N2O2/c1-9-7-11(10(2)19)3-4-12(9)20-8-13-17-5-6-18(13)14(15)16/h3-7,14H,8H2,1-2H3. The van der Waals surface area contributed by atoms with E-state index in [1.807, 2.05) is 0 Å². The first-order valence-corrected chi connectivity index (χ1v) is 6.03. The Morgan fingerprint density at radius 2 is 2.20 bits per heavy atom. The number of aromatic nitrogens is 2.